The van der Waals surface area contributed by atoms with Crippen LogP contribution in [0.3, 0.4) is 0 Å². The Labute approximate surface area is 111 Å². The molecule has 0 aromatic heterocycles. The van der Waals surface area contributed by atoms with Gasteiger partial charge in [-0.05, 0) is 50.6 Å². The second-order valence-corrected chi connectivity index (χ2v) is 5.99. The summed E-state index contributed by atoms with van der Waals surface area (Å²) in [6.45, 7) is 6.31. The molecule has 0 aromatic rings. The molecular weight excluding hydrogens is 224 g/mol. The second-order valence-electron chi connectivity index (χ2n) is 5.99. The lowest BCUT2D eigenvalue weighted by molar-refractivity contribution is -0.133. The topological polar surface area (TPSA) is 32.3 Å². The number of carbonyl (C=O) groups is 1. The van der Waals surface area contributed by atoms with E-state index >= 15 is 0 Å². The summed E-state index contributed by atoms with van der Waals surface area (Å²) in [4.78, 5) is 14.3. The van der Waals surface area contributed by atoms with Crippen molar-refractivity contribution in [3.05, 3.63) is 0 Å². The molecule has 1 amide bonds. The normalized spacial score (nSPS) is 22.6. The molecule has 2 fully saturated rings. The molecule has 18 heavy (non-hydrogen) atoms. The van der Waals surface area contributed by atoms with Crippen LogP contribution in [0, 0.1) is 11.8 Å². The van der Waals surface area contributed by atoms with E-state index in [0.717, 1.165) is 38.5 Å². The Balaban J connectivity index is 1.66. The van der Waals surface area contributed by atoms with Crippen LogP contribution in [0.5, 0.6) is 0 Å². The number of rotatable bonds is 5. The van der Waals surface area contributed by atoms with E-state index in [2.05, 4.69) is 17.1 Å². The van der Waals surface area contributed by atoms with Gasteiger partial charge in [0.1, 0.15) is 0 Å². The fourth-order valence-electron chi connectivity index (χ4n) is 3.33. The van der Waals surface area contributed by atoms with Crippen LogP contribution < -0.4 is 5.32 Å². The molecule has 0 aromatic carbocycles. The third-order valence-electron chi connectivity index (χ3n) is 4.59. The van der Waals surface area contributed by atoms with Gasteiger partial charge in [0.15, 0.2) is 0 Å². The highest BCUT2D eigenvalue weighted by Gasteiger charge is 2.25. The molecule has 1 saturated heterocycles. The fourth-order valence-corrected chi connectivity index (χ4v) is 3.33. The van der Waals surface area contributed by atoms with E-state index < -0.39 is 0 Å². The van der Waals surface area contributed by atoms with Crippen LogP contribution in [-0.2, 0) is 4.79 Å². The number of carbonyl (C=O) groups excluding carboxylic acids is 1. The molecule has 3 nitrogen and oxygen atoms in total. The lowest BCUT2D eigenvalue weighted by Gasteiger charge is -2.32. The van der Waals surface area contributed by atoms with Crippen molar-refractivity contribution in [2.75, 3.05) is 26.2 Å². The highest BCUT2D eigenvalue weighted by atomic mass is 16.2. The molecule has 1 N–H and O–H groups in total. The Bertz CT molecular complexity index is 253. The average Bonchev–Trinajstić information content (AvgIpc) is 2.89. The van der Waals surface area contributed by atoms with Crippen LogP contribution in [0.25, 0.3) is 0 Å². The largest absolute Gasteiger partial charge is 0.343 e. The summed E-state index contributed by atoms with van der Waals surface area (Å²) < 4.78 is 0. The number of hydrogen-bond acceptors (Lipinski definition) is 2. The number of nitrogens with zero attached hydrogens (tertiary/aromatic N) is 1. The van der Waals surface area contributed by atoms with Crippen LogP contribution in [0.2, 0.25) is 0 Å². The lowest BCUT2D eigenvalue weighted by Crippen LogP contribution is -2.41. The average molecular weight is 252 g/mol. The molecule has 0 radical (unpaired) electrons. The molecule has 104 valence electrons. The first-order valence-electron chi connectivity index (χ1n) is 7.78. The predicted octanol–water partition coefficient (Wildman–Crippen LogP) is 2.41. The zero-order valence-corrected chi connectivity index (χ0v) is 11.8. The molecule has 1 heterocycles. The van der Waals surface area contributed by atoms with Crippen LogP contribution in [0.4, 0.5) is 0 Å². The highest BCUT2D eigenvalue weighted by Crippen LogP contribution is 2.28. The van der Waals surface area contributed by atoms with E-state index in [9.17, 15) is 4.79 Å². The minimum Gasteiger partial charge on any atom is -0.343 e. The summed E-state index contributed by atoms with van der Waals surface area (Å²) in [6, 6.07) is 0. The van der Waals surface area contributed by atoms with Gasteiger partial charge < -0.3 is 10.2 Å². The molecule has 1 aliphatic carbocycles. The van der Waals surface area contributed by atoms with Gasteiger partial charge in [-0.2, -0.15) is 0 Å². The Morgan fingerprint density at radius 1 is 1.11 bits per heavy atom. The maximum Gasteiger partial charge on any atom is 0.222 e. The molecule has 1 aliphatic heterocycles. The summed E-state index contributed by atoms with van der Waals surface area (Å²) in [5, 5.41) is 3.42. The Morgan fingerprint density at radius 3 is 2.39 bits per heavy atom. The zero-order valence-electron chi connectivity index (χ0n) is 11.8. The van der Waals surface area contributed by atoms with E-state index in [4.69, 9.17) is 0 Å². The van der Waals surface area contributed by atoms with Gasteiger partial charge in [0.2, 0.25) is 5.91 Å². The third kappa shape index (κ3) is 3.98. The molecule has 1 saturated carbocycles. The van der Waals surface area contributed by atoms with Crippen molar-refractivity contribution in [3.8, 4) is 0 Å². The lowest BCUT2D eigenvalue weighted by atomic mass is 9.95. The summed E-state index contributed by atoms with van der Waals surface area (Å²) in [5.74, 6) is 1.89. The first-order chi connectivity index (χ1) is 8.79. The van der Waals surface area contributed by atoms with Gasteiger partial charge in [0, 0.05) is 19.5 Å². The number of likely N-dealkylation sites (tertiary alicyclic amines) is 1. The molecule has 3 heteroatoms. The third-order valence-corrected chi connectivity index (χ3v) is 4.59. The number of hydrogen-bond donors (Lipinski definition) is 1. The molecular formula is C15H28N2O. The van der Waals surface area contributed by atoms with Gasteiger partial charge >= 0.3 is 0 Å². The number of piperidine rings is 1. The van der Waals surface area contributed by atoms with Crippen LogP contribution in [0.1, 0.15) is 51.9 Å². The fraction of sp³-hybridized carbons (Fsp3) is 0.933. The summed E-state index contributed by atoms with van der Waals surface area (Å²) in [5.41, 5.74) is 0. The Hall–Kier alpha value is -0.570. The van der Waals surface area contributed by atoms with Gasteiger partial charge in [0.05, 0.1) is 0 Å². The molecule has 0 atom stereocenters. The monoisotopic (exact) mass is 252 g/mol. The number of nitrogens with one attached hydrogen (secondary N) is 1. The summed E-state index contributed by atoms with van der Waals surface area (Å²) in [7, 11) is 0. The Morgan fingerprint density at radius 2 is 1.78 bits per heavy atom. The van der Waals surface area contributed by atoms with Crippen molar-refractivity contribution in [2.45, 2.75) is 51.9 Å². The molecule has 0 unspecified atom stereocenters. The van der Waals surface area contributed by atoms with Crippen molar-refractivity contribution in [2.24, 2.45) is 11.8 Å². The van der Waals surface area contributed by atoms with Crippen molar-refractivity contribution in [3.63, 3.8) is 0 Å². The maximum atomic E-state index is 12.2. The first kappa shape index (κ1) is 13.9. The van der Waals surface area contributed by atoms with E-state index in [1.807, 2.05) is 0 Å². The van der Waals surface area contributed by atoms with Crippen molar-refractivity contribution < 1.29 is 4.79 Å². The predicted molar refractivity (Wildman–Crippen MR) is 74.4 cm³/mol. The van der Waals surface area contributed by atoms with Gasteiger partial charge in [-0.3, -0.25) is 4.79 Å². The van der Waals surface area contributed by atoms with Gasteiger partial charge in [-0.25, -0.2) is 0 Å². The smallest absolute Gasteiger partial charge is 0.222 e. The Kier molecular flexibility index (Phi) is 5.48. The van der Waals surface area contributed by atoms with E-state index in [-0.39, 0.29) is 0 Å². The minimum absolute atomic E-state index is 0.420. The molecule has 0 spiro atoms. The second kappa shape index (κ2) is 7.13. The van der Waals surface area contributed by atoms with Gasteiger partial charge in [-0.1, -0.05) is 19.8 Å². The van der Waals surface area contributed by atoms with E-state index in [1.54, 1.807) is 0 Å². The molecule has 0 bridgehead atoms. The minimum atomic E-state index is 0.420. The van der Waals surface area contributed by atoms with Crippen LogP contribution >= 0.6 is 0 Å². The summed E-state index contributed by atoms with van der Waals surface area (Å²) >= 11 is 0. The van der Waals surface area contributed by atoms with Crippen LogP contribution in [-0.4, -0.2) is 37.0 Å². The SMILES string of the molecule is CCNCC1CCN(C(=O)CC2CCCC2)CC1. The molecule has 2 aliphatic rings. The van der Waals surface area contributed by atoms with Gasteiger partial charge in [0.25, 0.3) is 0 Å². The molecule has 2 rings (SSSR count). The van der Waals surface area contributed by atoms with Crippen molar-refractivity contribution in [1.82, 2.24) is 10.2 Å². The van der Waals surface area contributed by atoms with E-state index in [0.29, 0.717) is 11.8 Å². The number of amides is 1. The standard InChI is InChI=1S/C15H28N2O/c1-2-16-12-14-7-9-17(10-8-14)15(18)11-13-5-3-4-6-13/h13-14,16H,2-12H2,1H3. The van der Waals surface area contributed by atoms with Gasteiger partial charge in [-0.15, -0.1) is 0 Å². The maximum absolute atomic E-state index is 12.2. The van der Waals surface area contributed by atoms with Crippen LogP contribution in [0.15, 0.2) is 0 Å². The van der Waals surface area contributed by atoms with Crippen molar-refractivity contribution in [1.29, 1.82) is 0 Å². The van der Waals surface area contributed by atoms with E-state index in [1.165, 1.54) is 38.5 Å². The zero-order chi connectivity index (χ0) is 12.8. The summed E-state index contributed by atoms with van der Waals surface area (Å²) in [6.07, 6.45) is 8.42. The highest BCUT2D eigenvalue weighted by molar-refractivity contribution is 5.76. The quantitative estimate of drug-likeness (QED) is 0.815. The first-order valence-corrected chi connectivity index (χ1v) is 7.78. The van der Waals surface area contributed by atoms with Crippen molar-refractivity contribution >= 4 is 5.91 Å².